The van der Waals surface area contributed by atoms with Gasteiger partial charge in [-0.3, -0.25) is 0 Å². The van der Waals surface area contributed by atoms with Crippen LogP contribution in [-0.4, -0.2) is 60.8 Å². The van der Waals surface area contributed by atoms with Crippen molar-refractivity contribution in [2.45, 2.75) is 0 Å². The van der Waals surface area contributed by atoms with Crippen molar-refractivity contribution in [3.63, 3.8) is 0 Å². The number of hydrogen-bond donors (Lipinski definition) is 0. The van der Waals surface area contributed by atoms with E-state index in [-0.39, 0.29) is 94.9 Å². The van der Waals surface area contributed by atoms with Gasteiger partial charge in [-0.25, -0.2) is 0 Å². The minimum Gasteiger partial charge on any atom is 0 e. The zero-order valence-electron chi connectivity index (χ0n) is 2.07. The second-order valence-electron chi connectivity index (χ2n) is 0. The normalized spacial score (nSPS) is 0. The summed E-state index contributed by atoms with van der Waals surface area (Å²) in [6, 6.07) is 0. The average molecular weight is 184 g/mol. The van der Waals surface area contributed by atoms with Gasteiger partial charge in [0.1, 0.15) is 0 Å². The fourth-order valence-electron chi connectivity index (χ4n) is 0. The van der Waals surface area contributed by atoms with E-state index in [2.05, 4.69) is 0 Å². The van der Waals surface area contributed by atoms with Crippen LogP contribution in [0.5, 0.6) is 0 Å². The minimum absolute atomic E-state index is 0. The van der Waals surface area contributed by atoms with E-state index in [0.29, 0.717) is 0 Å². The first-order valence-corrected chi connectivity index (χ1v) is 0. The Balaban J connectivity index is 0. The SMILES string of the molecule is [Ca].[Cu].[Fe].[Mg]. The molecule has 0 unspecified atom stereocenters. The maximum absolute atomic E-state index is 0. The maximum Gasteiger partial charge on any atom is 0 e. The smallest absolute Gasteiger partial charge is 0 e. The van der Waals surface area contributed by atoms with E-state index in [1.54, 1.807) is 0 Å². The van der Waals surface area contributed by atoms with Crippen LogP contribution in [0.3, 0.4) is 0 Å². The predicted octanol–water partition coefficient (Wildman–Crippen LogP) is -0.767. The van der Waals surface area contributed by atoms with Crippen molar-refractivity contribution in [1.82, 2.24) is 0 Å². The van der Waals surface area contributed by atoms with Gasteiger partial charge in [-0.05, 0) is 0 Å². The van der Waals surface area contributed by atoms with Crippen LogP contribution in [0.15, 0.2) is 0 Å². The minimum atomic E-state index is 0. The average Bonchev–Trinajstić information content (AvgIpc) is 0. The van der Waals surface area contributed by atoms with Crippen LogP contribution < -0.4 is 0 Å². The summed E-state index contributed by atoms with van der Waals surface area (Å²) in [6.07, 6.45) is 0. The molecular formula is CaCuFeMg. The summed E-state index contributed by atoms with van der Waals surface area (Å²) < 4.78 is 0. The molecule has 4 heavy (non-hydrogen) atoms. The Labute approximate surface area is 92.9 Å². The Hall–Kier alpha value is 3.06. The largest absolute Gasteiger partial charge is 0 e. The zero-order chi connectivity index (χ0) is 0. The van der Waals surface area contributed by atoms with Crippen LogP contribution in [-0.2, 0) is 34.1 Å². The van der Waals surface area contributed by atoms with Gasteiger partial charge in [0.15, 0.2) is 0 Å². The van der Waals surface area contributed by atoms with Crippen molar-refractivity contribution in [2.24, 2.45) is 0 Å². The van der Waals surface area contributed by atoms with Crippen LogP contribution in [0.4, 0.5) is 0 Å². The van der Waals surface area contributed by atoms with E-state index in [0.717, 1.165) is 0 Å². The molecule has 0 amide bonds. The molecule has 4 heteroatoms. The third-order valence-electron chi connectivity index (χ3n) is 0. The fraction of sp³-hybridized carbons (Fsp3) is 0. The first-order chi connectivity index (χ1) is 0. The molecule has 0 aromatic rings. The summed E-state index contributed by atoms with van der Waals surface area (Å²) in [4.78, 5) is 0. The van der Waals surface area contributed by atoms with Crippen molar-refractivity contribution in [1.29, 1.82) is 0 Å². The second kappa shape index (κ2) is 16.6. The molecule has 0 aromatic carbocycles. The Morgan fingerprint density at radius 3 is 1.00 bits per heavy atom. The van der Waals surface area contributed by atoms with Gasteiger partial charge in [0.2, 0.25) is 0 Å². The molecule has 0 nitrogen and oxygen atoms in total. The number of hydrogen-bond acceptors (Lipinski definition) is 0. The third-order valence-corrected chi connectivity index (χ3v) is 0. The van der Waals surface area contributed by atoms with Crippen molar-refractivity contribution >= 4 is 60.8 Å². The molecule has 5 radical (unpaired) electrons. The summed E-state index contributed by atoms with van der Waals surface area (Å²) in [5, 5.41) is 0. The van der Waals surface area contributed by atoms with Gasteiger partial charge < -0.3 is 0 Å². The van der Waals surface area contributed by atoms with E-state index in [9.17, 15) is 0 Å². The topological polar surface area (TPSA) is 0 Å². The van der Waals surface area contributed by atoms with Crippen molar-refractivity contribution in [2.75, 3.05) is 0 Å². The van der Waals surface area contributed by atoms with Crippen LogP contribution in [0.25, 0.3) is 0 Å². The number of rotatable bonds is 0. The van der Waals surface area contributed by atoms with Gasteiger partial charge >= 0.3 is 0 Å². The standard InChI is InChI=1S/Ca.Cu.Fe.Mg. The van der Waals surface area contributed by atoms with Crippen LogP contribution in [0.2, 0.25) is 0 Å². The maximum atomic E-state index is 0. The van der Waals surface area contributed by atoms with Crippen LogP contribution >= 0.6 is 0 Å². The molecule has 0 bridgehead atoms. The van der Waals surface area contributed by atoms with E-state index in [1.807, 2.05) is 0 Å². The molecule has 0 aliphatic rings. The summed E-state index contributed by atoms with van der Waals surface area (Å²) in [5.74, 6) is 0. The van der Waals surface area contributed by atoms with Crippen molar-refractivity contribution < 1.29 is 34.1 Å². The van der Waals surface area contributed by atoms with Crippen LogP contribution in [0.1, 0.15) is 0 Å². The van der Waals surface area contributed by atoms with Gasteiger partial charge in [-0.1, -0.05) is 0 Å². The Kier molecular flexibility index (Phi) is 115. The predicted molar refractivity (Wildman–Crippen MR) is 11.5 cm³/mol. The molecule has 0 fully saturated rings. The monoisotopic (exact) mass is 183 g/mol. The molecule has 0 aromatic heterocycles. The molecule has 0 atom stereocenters. The van der Waals surface area contributed by atoms with E-state index in [1.165, 1.54) is 0 Å². The Morgan fingerprint density at radius 1 is 1.00 bits per heavy atom. The van der Waals surface area contributed by atoms with Crippen LogP contribution in [0, 0.1) is 0 Å². The van der Waals surface area contributed by atoms with Gasteiger partial charge in [-0.15, -0.1) is 0 Å². The molecule has 0 N–H and O–H groups in total. The third kappa shape index (κ3) is 8.91. The molecule has 0 aliphatic heterocycles. The summed E-state index contributed by atoms with van der Waals surface area (Å²) in [7, 11) is 0. The molecule has 0 heterocycles. The van der Waals surface area contributed by atoms with Crippen molar-refractivity contribution in [3.8, 4) is 0 Å². The molecule has 0 saturated carbocycles. The quantitative estimate of drug-likeness (QED) is 0.433. The first kappa shape index (κ1) is 27.7. The summed E-state index contributed by atoms with van der Waals surface area (Å²) >= 11 is 0. The second-order valence-corrected chi connectivity index (χ2v) is 0. The van der Waals surface area contributed by atoms with E-state index < -0.39 is 0 Å². The fourth-order valence-corrected chi connectivity index (χ4v) is 0. The summed E-state index contributed by atoms with van der Waals surface area (Å²) in [6.45, 7) is 0. The first-order valence-electron chi connectivity index (χ1n) is 0. The molecule has 23 valence electrons. The molecule has 0 saturated heterocycles. The Morgan fingerprint density at radius 2 is 1.00 bits per heavy atom. The van der Waals surface area contributed by atoms with Crippen molar-refractivity contribution in [3.05, 3.63) is 0 Å². The van der Waals surface area contributed by atoms with E-state index in [4.69, 9.17) is 0 Å². The van der Waals surface area contributed by atoms with Gasteiger partial charge in [-0.2, -0.15) is 0 Å². The van der Waals surface area contributed by atoms with Gasteiger partial charge in [0.05, 0.1) is 0 Å². The van der Waals surface area contributed by atoms with E-state index >= 15 is 0 Å². The summed E-state index contributed by atoms with van der Waals surface area (Å²) in [5.41, 5.74) is 0. The molecule has 0 aliphatic carbocycles. The molecular weight excluding hydrogens is 184 g/mol. The Bertz CT molecular complexity index is 8.00. The molecule has 0 spiro atoms. The zero-order valence-corrected chi connectivity index (χ0v) is 7.74. The molecule has 0 rings (SSSR count). The van der Waals surface area contributed by atoms with Gasteiger partial charge in [0, 0.05) is 94.9 Å². The van der Waals surface area contributed by atoms with Gasteiger partial charge in [0.25, 0.3) is 0 Å².